The van der Waals surface area contributed by atoms with Gasteiger partial charge >= 0.3 is 0 Å². The van der Waals surface area contributed by atoms with E-state index in [1.54, 1.807) is 17.0 Å². The van der Waals surface area contributed by atoms with Crippen LogP contribution in [0.15, 0.2) is 47.5 Å². The average Bonchev–Trinajstić information content (AvgIpc) is 3.10. The standard InChI is InChI=1S/C21H26F2N4O/c1-2-24-21(25-11-9-15-5-3-6-17(28)13-15)26-16-10-12-27(14-16)20-18(22)7-4-8-19(20)23/h3-8,13,16,28H,2,9-12,14H2,1H3,(H2,24,25,26). The third-order valence-corrected chi connectivity index (χ3v) is 4.71. The summed E-state index contributed by atoms with van der Waals surface area (Å²) in [7, 11) is 0. The lowest BCUT2D eigenvalue weighted by atomic mass is 10.1. The maximum absolute atomic E-state index is 14.0. The van der Waals surface area contributed by atoms with Gasteiger partial charge in [0.05, 0.1) is 0 Å². The van der Waals surface area contributed by atoms with Gasteiger partial charge in [-0.1, -0.05) is 18.2 Å². The lowest BCUT2D eigenvalue weighted by molar-refractivity contribution is 0.474. The summed E-state index contributed by atoms with van der Waals surface area (Å²) >= 11 is 0. The number of phenolic OH excluding ortho intramolecular Hbond substituents is 1. The van der Waals surface area contributed by atoms with Crippen molar-refractivity contribution >= 4 is 11.6 Å². The molecule has 0 aromatic heterocycles. The Kier molecular flexibility index (Phi) is 6.68. The summed E-state index contributed by atoms with van der Waals surface area (Å²) in [6.07, 6.45) is 1.48. The molecule has 150 valence electrons. The molecule has 0 amide bonds. The second kappa shape index (κ2) is 9.39. The Hall–Kier alpha value is -2.83. The van der Waals surface area contributed by atoms with Gasteiger partial charge < -0.3 is 20.6 Å². The van der Waals surface area contributed by atoms with Crippen LogP contribution in [0.25, 0.3) is 0 Å². The molecule has 0 bridgehead atoms. The topological polar surface area (TPSA) is 59.9 Å². The van der Waals surface area contributed by atoms with Gasteiger partial charge in [0.2, 0.25) is 0 Å². The van der Waals surface area contributed by atoms with E-state index in [-0.39, 0.29) is 17.5 Å². The van der Waals surface area contributed by atoms with Gasteiger partial charge in [-0.2, -0.15) is 0 Å². The van der Waals surface area contributed by atoms with E-state index in [0.29, 0.717) is 32.0 Å². The predicted octanol–water partition coefficient (Wildman–Crippen LogP) is 3.05. The van der Waals surface area contributed by atoms with E-state index in [0.717, 1.165) is 18.5 Å². The number of phenols is 1. The second-order valence-electron chi connectivity index (χ2n) is 6.83. The zero-order valence-electron chi connectivity index (χ0n) is 16.0. The van der Waals surface area contributed by atoms with E-state index in [4.69, 9.17) is 0 Å². The van der Waals surface area contributed by atoms with E-state index < -0.39 is 11.6 Å². The molecule has 1 aliphatic heterocycles. The number of benzene rings is 2. The first-order chi connectivity index (χ1) is 13.6. The fraction of sp³-hybridized carbons (Fsp3) is 0.381. The number of para-hydroxylation sites is 1. The van der Waals surface area contributed by atoms with Gasteiger partial charge in [-0.3, -0.25) is 4.99 Å². The summed E-state index contributed by atoms with van der Waals surface area (Å²) in [4.78, 5) is 6.32. The van der Waals surface area contributed by atoms with E-state index in [2.05, 4.69) is 15.6 Å². The summed E-state index contributed by atoms with van der Waals surface area (Å²) < 4.78 is 28.0. The highest BCUT2D eigenvalue weighted by atomic mass is 19.1. The first kappa shape index (κ1) is 19.9. The molecule has 2 aromatic rings. The molecule has 7 heteroatoms. The number of anilines is 1. The first-order valence-electron chi connectivity index (χ1n) is 9.58. The molecule has 0 aliphatic carbocycles. The Morgan fingerprint density at radius 2 is 1.96 bits per heavy atom. The molecule has 5 nitrogen and oxygen atoms in total. The van der Waals surface area contributed by atoms with Crippen LogP contribution in [0.2, 0.25) is 0 Å². The molecule has 1 fully saturated rings. The summed E-state index contributed by atoms with van der Waals surface area (Å²) in [6, 6.07) is 11.1. The third kappa shape index (κ3) is 5.12. The SMILES string of the molecule is CCNC(=NCCc1cccc(O)c1)NC1CCN(c2c(F)cccc2F)C1. The van der Waals surface area contributed by atoms with Crippen molar-refractivity contribution in [1.29, 1.82) is 0 Å². The van der Waals surface area contributed by atoms with Crippen LogP contribution in [-0.4, -0.2) is 43.3 Å². The molecule has 0 saturated carbocycles. The predicted molar refractivity (Wildman–Crippen MR) is 108 cm³/mol. The summed E-state index contributed by atoms with van der Waals surface area (Å²) in [5.41, 5.74) is 1.05. The lowest BCUT2D eigenvalue weighted by Gasteiger charge is -2.21. The first-order valence-corrected chi connectivity index (χ1v) is 9.58. The van der Waals surface area contributed by atoms with Crippen LogP contribution in [0.1, 0.15) is 18.9 Å². The molecule has 0 radical (unpaired) electrons. The van der Waals surface area contributed by atoms with E-state index in [9.17, 15) is 13.9 Å². The van der Waals surface area contributed by atoms with Crippen molar-refractivity contribution in [3.05, 3.63) is 59.7 Å². The molecule has 1 aliphatic rings. The number of nitrogens with one attached hydrogen (secondary N) is 2. The van der Waals surface area contributed by atoms with Crippen LogP contribution in [0.5, 0.6) is 5.75 Å². The number of nitrogens with zero attached hydrogens (tertiary/aromatic N) is 2. The highest BCUT2D eigenvalue weighted by molar-refractivity contribution is 5.80. The molecule has 1 saturated heterocycles. The van der Waals surface area contributed by atoms with Gasteiger partial charge in [-0.25, -0.2) is 8.78 Å². The molecule has 2 aromatic carbocycles. The number of guanidine groups is 1. The fourth-order valence-electron chi connectivity index (χ4n) is 3.39. The molecular formula is C21H26F2N4O. The molecule has 28 heavy (non-hydrogen) atoms. The minimum Gasteiger partial charge on any atom is -0.508 e. The van der Waals surface area contributed by atoms with Crippen LogP contribution >= 0.6 is 0 Å². The number of hydrogen-bond acceptors (Lipinski definition) is 3. The zero-order valence-corrected chi connectivity index (χ0v) is 16.0. The van der Waals surface area contributed by atoms with Crippen molar-refractivity contribution in [2.75, 3.05) is 31.1 Å². The molecule has 0 spiro atoms. The molecule has 1 unspecified atom stereocenters. The highest BCUT2D eigenvalue weighted by Gasteiger charge is 2.27. The van der Waals surface area contributed by atoms with Gasteiger partial charge in [0.15, 0.2) is 5.96 Å². The van der Waals surface area contributed by atoms with E-state index >= 15 is 0 Å². The Bertz CT molecular complexity index is 808. The monoisotopic (exact) mass is 388 g/mol. The van der Waals surface area contributed by atoms with Crippen LogP contribution in [0, 0.1) is 11.6 Å². The normalized spacial score (nSPS) is 17.0. The van der Waals surface area contributed by atoms with Crippen molar-refractivity contribution in [1.82, 2.24) is 10.6 Å². The Morgan fingerprint density at radius 1 is 1.21 bits per heavy atom. The van der Waals surface area contributed by atoms with Gasteiger partial charge in [0, 0.05) is 32.2 Å². The van der Waals surface area contributed by atoms with Gasteiger partial charge in [-0.05, 0) is 49.6 Å². The minimum atomic E-state index is -0.535. The number of hydrogen-bond donors (Lipinski definition) is 3. The Morgan fingerprint density at radius 3 is 2.68 bits per heavy atom. The van der Waals surface area contributed by atoms with Gasteiger partial charge in [0.1, 0.15) is 23.1 Å². The highest BCUT2D eigenvalue weighted by Crippen LogP contribution is 2.26. The zero-order chi connectivity index (χ0) is 19.9. The third-order valence-electron chi connectivity index (χ3n) is 4.71. The number of rotatable bonds is 6. The van der Waals surface area contributed by atoms with Crippen molar-refractivity contribution in [3.8, 4) is 5.75 Å². The summed E-state index contributed by atoms with van der Waals surface area (Å²) in [5, 5.41) is 16.1. The second-order valence-corrected chi connectivity index (χ2v) is 6.83. The number of halogens is 2. The van der Waals surface area contributed by atoms with Crippen LogP contribution in [0.4, 0.5) is 14.5 Å². The maximum atomic E-state index is 14.0. The summed E-state index contributed by atoms with van der Waals surface area (Å²) in [6.45, 7) is 4.36. The van der Waals surface area contributed by atoms with Crippen molar-refractivity contribution < 1.29 is 13.9 Å². The average molecular weight is 388 g/mol. The Labute approximate surface area is 164 Å². The molecule has 1 atom stereocenters. The number of aliphatic imine (C=N–C) groups is 1. The van der Waals surface area contributed by atoms with Crippen molar-refractivity contribution in [3.63, 3.8) is 0 Å². The molecule has 1 heterocycles. The minimum absolute atomic E-state index is 0.0395. The van der Waals surface area contributed by atoms with Crippen LogP contribution in [0.3, 0.4) is 0 Å². The molecule has 3 N–H and O–H groups in total. The lowest BCUT2D eigenvalue weighted by Crippen LogP contribution is -2.44. The van der Waals surface area contributed by atoms with Crippen molar-refractivity contribution in [2.24, 2.45) is 4.99 Å². The van der Waals surface area contributed by atoms with Crippen LogP contribution < -0.4 is 15.5 Å². The Balaban J connectivity index is 1.58. The van der Waals surface area contributed by atoms with Crippen molar-refractivity contribution in [2.45, 2.75) is 25.8 Å². The van der Waals surface area contributed by atoms with Gasteiger partial charge in [0.25, 0.3) is 0 Å². The van der Waals surface area contributed by atoms with Gasteiger partial charge in [-0.15, -0.1) is 0 Å². The fourth-order valence-corrected chi connectivity index (χ4v) is 3.39. The maximum Gasteiger partial charge on any atom is 0.191 e. The largest absolute Gasteiger partial charge is 0.508 e. The summed E-state index contributed by atoms with van der Waals surface area (Å²) in [5.74, 6) is -0.138. The molecular weight excluding hydrogens is 362 g/mol. The van der Waals surface area contributed by atoms with Crippen LogP contribution in [-0.2, 0) is 6.42 Å². The van der Waals surface area contributed by atoms with E-state index in [1.807, 2.05) is 19.1 Å². The number of aromatic hydroxyl groups is 1. The molecule has 3 rings (SSSR count). The smallest absolute Gasteiger partial charge is 0.191 e. The quantitative estimate of drug-likeness (QED) is 0.526. The van der Waals surface area contributed by atoms with E-state index in [1.165, 1.54) is 18.2 Å².